The van der Waals surface area contributed by atoms with Crippen molar-refractivity contribution >= 4 is 13.9 Å². The summed E-state index contributed by atoms with van der Waals surface area (Å²) in [6.07, 6.45) is 1.98. The molecule has 76 valence electrons. The summed E-state index contributed by atoms with van der Waals surface area (Å²) in [5.41, 5.74) is 1.31. The van der Waals surface area contributed by atoms with Crippen LogP contribution in [0, 0.1) is 0 Å². The van der Waals surface area contributed by atoms with E-state index < -0.39 is 8.24 Å². The fourth-order valence-electron chi connectivity index (χ4n) is 1.50. The van der Waals surface area contributed by atoms with Crippen LogP contribution >= 0.6 is 0 Å². The molecular formula is C12H19NSi. The van der Waals surface area contributed by atoms with Crippen molar-refractivity contribution in [1.82, 2.24) is 0 Å². The molecule has 1 rings (SSSR count). The Labute approximate surface area is 88.2 Å². The number of anilines is 1. The van der Waals surface area contributed by atoms with Crippen molar-refractivity contribution in [3.63, 3.8) is 0 Å². The van der Waals surface area contributed by atoms with E-state index in [1.54, 1.807) is 0 Å². The Morgan fingerprint density at radius 3 is 2.21 bits per heavy atom. The van der Waals surface area contributed by atoms with E-state index in [4.69, 9.17) is 0 Å². The maximum atomic E-state index is 3.82. The Bertz CT molecular complexity index is 287. The molecule has 14 heavy (non-hydrogen) atoms. The van der Waals surface area contributed by atoms with E-state index in [1.165, 1.54) is 5.69 Å². The third-order valence-corrected chi connectivity index (χ3v) is 4.25. The smallest absolute Gasteiger partial charge is 0.147 e. The molecule has 1 nitrogen and oxygen atoms in total. The van der Waals surface area contributed by atoms with Crippen LogP contribution in [0.2, 0.25) is 19.6 Å². The van der Waals surface area contributed by atoms with E-state index in [2.05, 4.69) is 61.1 Å². The van der Waals surface area contributed by atoms with Gasteiger partial charge in [0.15, 0.2) is 0 Å². The van der Waals surface area contributed by atoms with Crippen LogP contribution in [0.4, 0.5) is 5.69 Å². The van der Waals surface area contributed by atoms with Gasteiger partial charge in [-0.3, -0.25) is 0 Å². The Morgan fingerprint density at radius 2 is 1.79 bits per heavy atom. The number of rotatable bonds is 4. The molecule has 0 saturated carbocycles. The molecule has 1 aromatic rings. The molecular weight excluding hydrogens is 186 g/mol. The topological polar surface area (TPSA) is 3.24 Å². The normalized spacial score (nSPS) is 11.1. The van der Waals surface area contributed by atoms with Crippen molar-refractivity contribution in [2.75, 3.05) is 11.1 Å². The van der Waals surface area contributed by atoms with Crippen molar-refractivity contribution in [1.29, 1.82) is 0 Å². The second-order valence-corrected chi connectivity index (χ2v) is 9.29. The summed E-state index contributed by atoms with van der Waals surface area (Å²) in [5, 5.41) is 0. The molecule has 0 heterocycles. The SMILES string of the molecule is C=CCN(c1ccccc1)[Si](C)(C)C. The molecule has 0 bridgehead atoms. The van der Waals surface area contributed by atoms with Gasteiger partial charge < -0.3 is 4.57 Å². The molecule has 0 aliphatic heterocycles. The van der Waals surface area contributed by atoms with Crippen LogP contribution in [0.25, 0.3) is 0 Å². The molecule has 0 unspecified atom stereocenters. The summed E-state index contributed by atoms with van der Waals surface area (Å²) in [5.74, 6) is 0. The van der Waals surface area contributed by atoms with Crippen molar-refractivity contribution in [2.45, 2.75) is 19.6 Å². The summed E-state index contributed by atoms with van der Waals surface area (Å²) in [6, 6.07) is 10.6. The zero-order valence-electron chi connectivity index (χ0n) is 9.33. The van der Waals surface area contributed by atoms with Crippen LogP contribution < -0.4 is 4.57 Å². The minimum absolute atomic E-state index is 0.944. The highest BCUT2D eigenvalue weighted by Crippen LogP contribution is 2.20. The lowest BCUT2D eigenvalue weighted by atomic mass is 10.3. The van der Waals surface area contributed by atoms with E-state index in [0.29, 0.717) is 0 Å². The van der Waals surface area contributed by atoms with Crippen molar-refractivity contribution in [3.05, 3.63) is 43.0 Å². The first kappa shape index (κ1) is 11.1. The van der Waals surface area contributed by atoms with Gasteiger partial charge in [-0.2, -0.15) is 0 Å². The Balaban J connectivity index is 2.95. The fourth-order valence-corrected chi connectivity index (χ4v) is 3.10. The first-order valence-corrected chi connectivity index (χ1v) is 8.44. The predicted molar refractivity (Wildman–Crippen MR) is 67.3 cm³/mol. The average Bonchev–Trinajstić information content (AvgIpc) is 2.14. The van der Waals surface area contributed by atoms with Gasteiger partial charge in [-0.15, -0.1) is 6.58 Å². The highest BCUT2D eigenvalue weighted by atomic mass is 28.3. The number of nitrogens with zero attached hydrogens (tertiary/aromatic N) is 1. The van der Waals surface area contributed by atoms with Gasteiger partial charge in [0.05, 0.1) is 0 Å². The van der Waals surface area contributed by atoms with E-state index in [-0.39, 0.29) is 0 Å². The van der Waals surface area contributed by atoms with Crippen LogP contribution in [-0.4, -0.2) is 14.8 Å². The molecule has 2 heteroatoms. The van der Waals surface area contributed by atoms with Crippen molar-refractivity contribution in [2.24, 2.45) is 0 Å². The second kappa shape index (κ2) is 4.47. The number of hydrogen-bond donors (Lipinski definition) is 0. The molecule has 0 atom stereocenters. The summed E-state index contributed by atoms with van der Waals surface area (Å²) in [7, 11) is -1.29. The van der Waals surface area contributed by atoms with Gasteiger partial charge in [0.2, 0.25) is 0 Å². The first-order chi connectivity index (χ1) is 6.55. The molecule has 0 aliphatic carbocycles. The molecule has 0 saturated heterocycles. The lowest BCUT2D eigenvalue weighted by molar-refractivity contribution is 1.13. The standard InChI is InChI=1S/C12H19NSi/c1-5-11-13(14(2,3)4)12-9-7-6-8-10-12/h5-10H,1,11H2,2-4H3. The largest absolute Gasteiger partial charge is 0.395 e. The fraction of sp³-hybridized carbons (Fsp3) is 0.333. The van der Waals surface area contributed by atoms with E-state index in [0.717, 1.165) is 6.54 Å². The van der Waals surface area contributed by atoms with Crippen molar-refractivity contribution < 1.29 is 0 Å². The molecule has 0 amide bonds. The van der Waals surface area contributed by atoms with E-state index in [9.17, 15) is 0 Å². The average molecular weight is 205 g/mol. The third-order valence-electron chi connectivity index (χ3n) is 2.19. The van der Waals surface area contributed by atoms with Crippen LogP contribution in [0.3, 0.4) is 0 Å². The Hall–Kier alpha value is -1.02. The van der Waals surface area contributed by atoms with E-state index >= 15 is 0 Å². The first-order valence-electron chi connectivity index (χ1n) is 4.99. The van der Waals surface area contributed by atoms with Gasteiger partial charge in [-0.25, -0.2) is 0 Å². The zero-order chi connectivity index (χ0) is 10.6. The molecule has 0 spiro atoms. The summed E-state index contributed by atoms with van der Waals surface area (Å²) in [4.78, 5) is 0. The summed E-state index contributed by atoms with van der Waals surface area (Å²) in [6.45, 7) is 11.8. The quantitative estimate of drug-likeness (QED) is 0.537. The lowest BCUT2D eigenvalue weighted by Gasteiger charge is -2.35. The molecule has 0 fully saturated rings. The van der Waals surface area contributed by atoms with Gasteiger partial charge in [0.1, 0.15) is 8.24 Å². The maximum Gasteiger partial charge on any atom is 0.147 e. The maximum absolute atomic E-state index is 3.82. The highest BCUT2D eigenvalue weighted by molar-refractivity contribution is 6.79. The predicted octanol–water partition coefficient (Wildman–Crippen LogP) is 3.51. The van der Waals surface area contributed by atoms with Crippen LogP contribution in [0.15, 0.2) is 43.0 Å². The van der Waals surface area contributed by atoms with Crippen molar-refractivity contribution in [3.8, 4) is 0 Å². The molecule has 0 aromatic heterocycles. The molecule has 0 radical (unpaired) electrons. The number of benzene rings is 1. The third kappa shape index (κ3) is 2.74. The number of para-hydroxylation sites is 1. The van der Waals surface area contributed by atoms with Gasteiger partial charge in [-0.05, 0) is 12.1 Å². The minimum atomic E-state index is -1.29. The van der Waals surface area contributed by atoms with E-state index in [1.807, 2.05) is 6.08 Å². The Kier molecular flexibility index (Phi) is 3.53. The highest BCUT2D eigenvalue weighted by Gasteiger charge is 2.22. The summed E-state index contributed by atoms with van der Waals surface area (Å²) < 4.78 is 2.47. The van der Waals surface area contributed by atoms with Gasteiger partial charge >= 0.3 is 0 Å². The molecule has 0 N–H and O–H groups in total. The monoisotopic (exact) mass is 205 g/mol. The number of hydrogen-bond acceptors (Lipinski definition) is 1. The molecule has 1 aromatic carbocycles. The second-order valence-electron chi connectivity index (χ2n) is 4.41. The lowest BCUT2D eigenvalue weighted by Crippen LogP contribution is -2.46. The van der Waals surface area contributed by atoms with Gasteiger partial charge in [0.25, 0.3) is 0 Å². The van der Waals surface area contributed by atoms with Crippen LogP contribution in [0.1, 0.15) is 0 Å². The Morgan fingerprint density at radius 1 is 1.21 bits per heavy atom. The van der Waals surface area contributed by atoms with Gasteiger partial charge in [-0.1, -0.05) is 43.9 Å². The zero-order valence-corrected chi connectivity index (χ0v) is 10.3. The summed E-state index contributed by atoms with van der Waals surface area (Å²) >= 11 is 0. The van der Waals surface area contributed by atoms with Crippen LogP contribution in [0.5, 0.6) is 0 Å². The van der Waals surface area contributed by atoms with Gasteiger partial charge in [0, 0.05) is 12.2 Å². The van der Waals surface area contributed by atoms with Crippen LogP contribution in [-0.2, 0) is 0 Å². The molecule has 0 aliphatic rings. The minimum Gasteiger partial charge on any atom is -0.395 e.